The van der Waals surface area contributed by atoms with Crippen LogP contribution in [0.5, 0.6) is 5.75 Å². The zero-order valence-corrected chi connectivity index (χ0v) is 26.3. The van der Waals surface area contributed by atoms with Gasteiger partial charge in [0.1, 0.15) is 23.1 Å². The summed E-state index contributed by atoms with van der Waals surface area (Å²) in [4.78, 5) is 19.8. The van der Waals surface area contributed by atoms with E-state index in [2.05, 4.69) is 43.9 Å². The standard InChI is InChI=1S/C28H41ClN4O5Si/c1-27(2,3)38-26(34)32(20-10-12-21(13-11-20)36-19-18-35-7)25-22(15-17-37-39(8,9)28(4,5)6)24(29)31-23-14-16-30-33(23)25/h10-14,16H,15,17-19H2,1-9H3. The van der Waals surface area contributed by atoms with Crippen LogP contribution >= 0.6 is 11.6 Å². The van der Waals surface area contributed by atoms with Crippen molar-refractivity contribution in [3.63, 3.8) is 0 Å². The highest BCUT2D eigenvalue weighted by atomic mass is 35.5. The second kappa shape index (κ2) is 12.2. The molecule has 0 spiro atoms. The van der Waals surface area contributed by atoms with Crippen LogP contribution < -0.4 is 9.64 Å². The van der Waals surface area contributed by atoms with Crippen LogP contribution in [0.25, 0.3) is 5.65 Å². The smallest absolute Gasteiger partial charge is 0.420 e. The molecule has 0 radical (unpaired) electrons. The third-order valence-corrected chi connectivity index (χ3v) is 11.5. The van der Waals surface area contributed by atoms with Crippen molar-refractivity contribution in [2.75, 3.05) is 31.8 Å². The number of carbonyl (C=O) groups is 1. The lowest BCUT2D eigenvalue weighted by Gasteiger charge is -2.36. The molecule has 0 fully saturated rings. The van der Waals surface area contributed by atoms with Gasteiger partial charge in [0.05, 0.1) is 18.5 Å². The number of anilines is 2. The van der Waals surface area contributed by atoms with Crippen molar-refractivity contribution in [2.45, 2.75) is 71.7 Å². The highest BCUT2D eigenvalue weighted by molar-refractivity contribution is 6.74. The van der Waals surface area contributed by atoms with Gasteiger partial charge in [-0.15, -0.1) is 0 Å². The van der Waals surface area contributed by atoms with Crippen LogP contribution in [0.2, 0.25) is 23.3 Å². The van der Waals surface area contributed by atoms with Crippen molar-refractivity contribution in [2.24, 2.45) is 0 Å². The SMILES string of the molecule is COCCOc1ccc(N(C(=O)OC(C)(C)C)c2c(CCO[Si](C)(C)C(C)(C)C)c(Cl)nc3ccnn23)cc1. The predicted molar refractivity (Wildman–Crippen MR) is 157 cm³/mol. The zero-order valence-electron chi connectivity index (χ0n) is 24.5. The van der Waals surface area contributed by atoms with E-state index < -0.39 is 20.0 Å². The number of aromatic nitrogens is 3. The van der Waals surface area contributed by atoms with Gasteiger partial charge in [-0.05, 0) is 63.2 Å². The first kappa shape index (κ1) is 30.9. The van der Waals surface area contributed by atoms with Crippen LogP contribution in [0.1, 0.15) is 47.1 Å². The number of carbonyl (C=O) groups excluding carboxylic acids is 1. The average molecular weight is 577 g/mol. The fourth-order valence-electron chi connectivity index (χ4n) is 3.56. The molecule has 0 unspecified atom stereocenters. The Balaban J connectivity index is 2.09. The molecule has 0 N–H and O–H groups in total. The molecule has 3 rings (SSSR count). The Hall–Kier alpha value is -2.66. The molecule has 3 aromatic rings. The summed E-state index contributed by atoms with van der Waals surface area (Å²) in [5, 5.41) is 4.82. The molecule has 1 aromatic carbocycles. The number of benzene rings is 1. The van der Waals surface area contributed by atoms with Gasteiger partial charge < -0.3 is 18.6 Å². The molecule has 39 heavy (non-hydrogen) atoms. The van der Waals surface area contributed by atoms with E-state index in [1.807, 2.05) is 20.8 Å². The number of nitrogens with zero attached hydrogens (tertiary/aromatic N) is 4. The van der Waals surface area contributed by atoms with E-state index in [4.69, 9.17) is 30.2 Å². The first-order valence-electron chi connectivity index (χ1n) is 13.1. The largest absolute Gasteiger partial charge is 0.491 e. The van der Waals surface area contributed by atoms with Gasteiger partial charge in [0.2, 0.25) is 0 Å². The minimum atomic E-state index is -2.01. The minimum Gasteiger partial charge on any atom is -0.491 e. The van der Waals surface area contributed by atoms with Gasteiger partial charge in [0.15, 0.2) is 19.8 Å². The number of hydrogen-bond donors (Lipinski definition) is 0. The number of amides is 1. The second-order valence-electron chi connectivity index (χ2n) is 11.8. The molecule has 11 heteroatoms. The molecule has 0 saturated heterocycles. The Labute approximate surface area is 237 Å². The van der Waals surface area contributed by atoms with Crippen molar-refractivity contribution >= 4 is 43.2 Å². The van der Waals surface area contributed by atoms with Crippen LogP contribution in [-0.4, -0.2) is 61.5 Å². The molecule has 2 aromatic heterocycles. The maximum absolute atomic E-state index is 13.8. The van der Waals surface area contributed by atoms with Gasteiger partial charge in [-0.3, -0.25) is 0 Å². The summed E-state index contributed by atoms with van der Waals surface area (Å²) in [7, 11) is -0.392. The van der Waals surface area contributed by atoms with Crippen LogP contribution in [-0.2, 0) is 20.3 Å². The minimum absolute atomic E-state index is 0.0550. The molecule has 0 aliphatic carbocycles. The highest BCUT2D eigenvalue weighted by Gasteiger charge is 2.37. The fourth-order valence-corrected chi connectivity index (χ4v) is 4.87. The van der Waals surface area contributed by atoms with E-state index in [1.165, 1.54) is 4.90 Å². The molecule has 0 atom stereocenters. The number of ether oxygens (including phenoxy) is 3. The molecule has 9 nitrogen and oxygen atoms in total. The van der Waals surface area contributed by atoms with E-state index in [9.17, 15) is 4.79 Å². The summed E-state index contributed by atoms with van der Waals surface area (Å²) in [6.07, 6.45) is 1.49. The van der Waals surface area contributed by atoms with Gasteiger partial charge in [-0.2, -0.15) is 9.61 Å². The van der Waals surface area contributed by atoms with E-state index in [-0.39, 0.29) is 10.2 Å². The average Bonchev–Trinajstić information content (AvgIpc) is 3.28. The van der Waals surface area contributed by atoms with E-state index in [0.29, 0.717) is 54.7 Å². The number of hydrogen-bond acceptors (Lipinski definition) is 7. The van der Waals surface area contributed by atoms with Crippen LogP contribution in [0.3, 0.4) is 0 Å². The normalized spacial score (nSPS) is 12.6. The third kappa shape index (κ3) is 7.72. The van der Waals surface area contributed by atoms with Gasteiger partial charge in [0.25, 0.3) is 0 Å². The maximum atomic E-state index is 13.8. The molecule has 214 valence electrons. The Morgan fingerprint density at radius 1 is 1.03 bits per heavy atom. The summed E-state index contributed by atoms with van der Waals surface area (Å²) in [5.74, 6) is 1.11. The molecule has 0 saturated carbocycles. The van der Waals surface area contributed by atoms with Crippen LogP contribution in [0.4, 0.5) is 16.3 Å². The summed E-state index contributed by atoms with van der Waals surface area (Å²) < 4.78 is 24.7. The first-order valence-corrected chi connectivity index (χ1v) is 16.3. The van der Waals surface area contributed by atoms with E-state index in [0.717, 1.165) is 0 Å². The summed E-state index contributed by atoms with van der Waals surface area (Å²) in [6, 6.07) is 8.93. The molecule has 0 aliphatic heterocycles. The quantitative estimate of drug-likeness (QED) is 0.145. The highest BCUT2D eigenvalue weighted by Crippen LogP contribution is 2.38. The van der Waals surface area contributed by atoms with E-state index >= 15 is 0 Å². The Morgan fingerprint density at radius 3 is 2.28 bits per heavy atom. The van der Waals surface area contributed by atoms with Gasteiger partial charge >= 0.3 is 6.09 Å². The number of methoxy groups -OCH3 is 1. The molecule has 0 bridgehead atoms. The Bertz CT molecular complexity index is 1270. The maximum Gasteiger partial charge on any atom is 0.420 e. The lowest BCUT2D eigenvalue weighted by molar-refractivity contribution is 0.0597. The summed E-state index contributed by atoms with van der Waals surface area (Å²) in [5.41, 5.74) is 0.980. The Kier molecular flexibility index (Phi) is 9.69. The molecule has 0 aliphatic rings. The lowest BCUT2D eigenvalue weighted by Crippen LogP contribution is -2.41. The molecule has 1 amide bonds. The lowest BCUT2D eigenvalue weighted by atomic mass is 10.2. The zero-order chi connectivity index (χ0) is 29.0. The summed E-state index contributed by atoms with van der Waals surface area (Å²) in [6.45, 7) is 17.8. The number of rotatable bonds is 10. The number of fused-ring (bicyclic) bond motifs is 1. The predicted octanol–water partition coefficient (Wildman–Crippen LogP) is 7.05. The fraction of sp³-hybridized carbons (Fsp3) is 0.536. The second-order valence-corrected chi connectivity index (χ2v) is 17.0. The van der Waals surface area contributed by atoms with Crippen molar-refractivity contribution in [3.8, 4) is 5.75 Å². The van der Waals surface area contributed by atoms with Crippen molar-refractivity contribution in [1.82, 2.24) is 14.6 Å². The third-order valence-electron chi connectivity index (χ3n) is 6.62. The Morgan fingerprint density at radius 2 is 1.69 bits per heavy atom. The topological polar surface area (TPSA) is 87.4 Å². The molecule has 2 heterocycles. The molecular weight excluding hydrogens is 536 g/mol. The summed E-state index contributed by atoms with van der Waals surface area (Å²) >= 11 is 6.76. The first-order chi connectivity index (χ1) is 18.1. The van der Waals surface area contributed by atoms with Gasteiger partial charge in [0, 0.05) is 31.8 Å². The van der Waals surface area contributed by atoms with Crippen LogP contribution in [0, 0.1) is 0 Å². The van der Waals surface area contributed by atoms with Crippen molar-refractivity contribution < 1.29 is 23.4 Å². The van der Waals surface area contributed by atoms with Crippen molar-refractivity contribution in [1.29, 1.82) is 0 Å². The molecular formula is C28H41ClN4O5Si. The monoisotopic (exact) mass is 576 g/mol. The van der Waals surface area contributed by atoms with E-state index in [1.54, 1.807) is 48.2 Å². The van der Waals surface area contributed by atoms with Gasteiger partial charge in [-0.1, -0.05) is 32.4 Å². The van der Waals surface area contributed by atoms with Gasteiger partial charge in [-0.25, -0.2) is 14.7 Å². The van der Waals surface area contributed by atoms with Crippen LogP contribution in [0.15, 0.2) is 36.5 Å². The van der Waals surface area contributed by atoms with Crippen molar-refractivity contribution in [3.05, 3.63) is 47.2 Å². The number of halogens is 1.